The predicted octanol–water partition coefficient (Wildman–Crippen LogP) is 9.78. The first-order chi connectivity index (χ1) is 19.8. The Balaban J connectivity index is 1.33. The lowest BCUT2D eigenvalue weighted by Gasteiger charge is -2.11. The number of unbranched alkanes of at least 4 members (excludes halogenated alkanes) is 4. The zero-order valence-corrected chi connectivity index (χ0v) is 23.2. The molecule has 0 spiro atoms. The first-order valence-electron chi connectivity index (χ1n) is 14.2. The minimum atomic E-state index is -3.11. The second-order valence-electron chi connectivity index (χ2n) is 10.3. The second kappa shape index (κ2) is 14.9. The molecule has 0 aromatic heterocycles. The van der Waals surface area contributed by atoms with Crippen molar-refractivity contribution in [3.8, 4) is 11.5 Å². The van der Waals surface area contributed by atoms with Gasteiger partial charge in [0.15, 0.2) is 11.6 Å². The Hall–Kier alpha value is -3.61. The summed E-state index contributed by atoms with van der Waals surface area (Å²) in [7, 11) is 0. The van der Waals surface area contributed by atoms with Crippen molar-refractivity contribution in [2.24, 2.45) is 0 Å². The Labute approximate surface area is 238 Å². The van der Waals surface area contributed by atoms with Crippen LogP contribution in [0, 0.1) is 17.5 Å². The van der Waals surface area contributed by atoms with Crippen molar-refractivity contribution in [2.45, 2.75) is 71.3 Å². The molecule has 0 N–H and O–H groups in total. The van der Waals surface area contributed by atoms with Crippen LogP contribution in [0.4, 0.5) is 22.0 Å². The van der Waals surface area contributed by atoms with Crippen molar-refractivity contribution >= 4 is 10.8 Å². The average Bonchev–Trinajstić information content (AvgIpc) is 2.95. The zero-order valence-electron chi connectivity index (χ0n) is 23.2. The standard InChI is InChI=1S/C34H35F5O2/c1-2-3-4-5-6-19-40-28-16-15-25(30(35)22-28)11-7-23-9-17-29-27(20-23)14-13-26(33(29)37)12-8-24-10-18-32(31(36)21-24)41-34(38)39/h9-10,13-18,20-22,34H,2-8,11-12,19H2,1H3. The van der Waals surface area contributed by atoms with Crippen LogP contribution in [0.1, 0.15) is 61.3 Å². The van der Waals surface area contributed by atoms with Crippen LogP contribution in [-0.4, -0.2) is 13.2 Å². The van der Waals surface area contributed by atoms with Gasteiger partial charge in [0.2, 0.25) is 0 Å². The Morgan fingerprint density at radius 1 is 0.659 bits per heavy atom. The Morgan fingerprint density at radius 3 is 2.10 bits per heavy atom. The van der Waals surface area contributed by atoms with E-state index in [1.165, 1.54) is 31.4 Å². The molecule has 0 fully saturated rings. The number of fused-ring (bicyclic) bond motifs is 1. The molecule has 0 saturated carbocycles. The van der Waals surface area contributed by atoms with E-state index in [0.717, 1.165) is 35.9 Å². The highest BCUT2D eigenvalue weighted by molar-refractivity contribution is 5.84. The molecule has 7 heteroatoms. The van der Waals surface area contributed by atoms with Crippen molar-refractivity contribution in [2.75, 3.05) is 6.61 Å². The highest BCUT2D eigenvalue weighted by atomic mass is 19.3. The number of halogens is 5. The van der Waals surface area contributed by atoms with Crippen LogP contribution in [0.5, 0.6) is 11.5 Å². The fourth-order valence-electron chi connectivity index (χ4n) is 4.90. The van der Waals surface area contributed by atoms with Gasteiger partial charge in [-0.05, 0) is 77.9 Å². The van der Waals surface area contributed by atoms with E-state index >= 15 is 4.39 Å². The van der Waals surface area contributed by atoms with Crippen LogP contribution in [0.2, 0.25) is 0 Å². The summed E-state index contributed by atoms with van der Waals surface area (Å²) in [5.74, 6) is -1.50. The molecule has 218 valence electrons. The summed E-state index contributed by atoms with van der Waals surface area (Å²) in [5, 5.41) is 1.21. The van der Waals surface area contributed by atoms with E-state index in [9.17, 15) is 17.6 Å². The van der Waals surface area contributed by atoms with Crippen molar-refractivity contribution in [3.63, 3.8) is 0 Å². The Bertz CT molecular complexity index is 1440. The summed E-state index contributed by atoms with van der Waals surface area (Å²) in [6.07, 6.45) is 7.45. The van der Waals surface area contributed by atoms with Crippen molar-refractivity contribution < 1.29 is 31.4 Å². The highest BCUT2D eigenvalue weighted by Gasteiger charge is 2.13. The highest BCUT2D eigenvalue weighted by Crippen LogP contribution is 2.26. The Kier molecular flexibility index (Phi) is 11.0. The Morgan fingerprint density at radius 2 is 1.37 bits per heavy atom. The molecule has 0 atom stereocenters. The molecule has 0 aliphatic rings. The second-order valence-corrected chi connectivity index (χ2v) is 10.3. The van der Waals surface area contributed by atoms with Gasteiger partial charge in [0.05, 0.1) is 6.61 Å². The van der Waals surface area contributed by atoms with Crippen molar-refractivity contribution in [1.29, 1.82) is 0 Å². The number of rotatable bonds is 15. The third kappa shape index (κ3) is 8.69. The molecule has 4 aromatic carbocycles. The van der Waals surface area contributed by atoms with Gasteiger partial charge in [0, 0.05) is 11.5 Å². The minimum absolute atomic E-state index is 0.291. The maximum atomic E-state index is 15.3. The van der Waals surface area contributed by atoms with E-state index in [0.29, 0.717) is 60.1 Å². The summed E-state index contributed by atoms with van der Waals surface area (Å²) in [6, 6.07) is 17.8. The quantitative estimate of drug-likeness (QED) is 0.105. The van der Waals surface area contributed by atoms with E-state index in [-0.39, 0.29) is 11.6 Å². The minimum Gasteiger partial charge on any atom is -0.493 e. The van der Waals surface area contributed by atoms with Crippen LogP contribution in [-0.2, 0) is 25.7 Å². The number of hydrogen-bond acceptors (Lipinski definition) is 2. The maximum Gasteiger partial charge on any atom is 0.387 e. The molecule has 4 rings (SSSR count). The number of hydrogen-bond donors (Lipinski definition) is 0. The predicted molar refractivity (Wildman–Crippen MR) is 152 cm³/mol. The molecule has 4 aromatic rings. The van der Waals surface area contributed by atoms with Gasteiger partial charge in [0.1, 0.15) is 17.4 Å². The summed E-state index contributed by atoms with van der Waals surface area (Å²) in [4.78, 5) is 0. The molecule has 0 bridgehead atoms. The summed E-state index contributed by atoms with van der Waals surface area (Å²) in [5.41, 5.74) is 2.60. The molecule has 0 radical (unpaired) electrons. The molecule has 0 aliphatic carbocycles. The van der Waals surface area contributed by atoms with E-state index in [4.69, 9.17) is 4.74 Å². The lowest BCUT2D eigenvalue weighted by atomic mass is 9.97. The third-order valence-electron chi connectivity index (χ3n) is 7.22. The average molecular weight is 571 g/mol. The van der Waals surface area contributed by atoms with Crippen LogP contribution in [0.25, 0.3) is 10.8 Å². The van der Waals surface area contributed by atoms with Crippen LogP contribution in [0.15, 0.2) is 66.7 Å². The van der Waals surface area contributed by atoms with Crippen molar-refractivity contribution in [1.82, 2.24) is 0 Å². The molecule has 0 saturated heterocycles. The van der Waals surface area contributed by atoms with Gasteiger partial charge in [-0.1, -0.05) is 75.1 Å². The van der Waals surface area contributed by atoms with Crippen LogP contribution < -0.4 is 9.47 Å². The van der Waals surface area contributed by atoms with Gasteiger partial charge in [-0.2, -0.15) is 8.78 Å². The topological polar surface area (TPSA) is 18.5 Å². The van der Waals surface area contributed by atoms with Crippen LogP contribution in [0.3, 0.4) is 0 Å². The molecule has 41 heavy (non-hydrogen) atoms. The number of ether oxygens (including phenoxy) is 2. The third-order valence-corrected chi connectivity index (χ3v) is 7.22. The monoisotopic (exact) mass is 570 g/mol. The van der Waals surface area contributed by atoms with Gasteiger partial charge >= 0.3 is 6.61 Å². The normalized spacial score (nSPS) is 11.4. The smallest absolute Gasteiger partial charge is 0.387 e. The fourth-order valence-corrected chi connectivity index (χ4v) is 4.90. The summed E-state index contributed by atoms with van der Waals surface area (Å²) < 4.78 is 78.4. The molecular formula is C34H35F5O2. The number of alkyl halides is 2. The molecule has 0 aliphatic heterocycles. The van der Waals surface area contributed by atoms with E-state index < -0.39 is 18.2 Å². The number of aryl methyl sites for hydroxylation is 4. The van der Waals surface area contributed by atoms with Gasteiger partial charge in [0.25, 0.3) is 0 Å². The lowest BCUT2D eigenvalue weighted by molar-refractivity contribution is -0.0522. The van der Waals surface area contributed by atoms with Gasteiger partial charge in [-0.25, -0.2) is 13.2 Å². The van der Waals surface area contributed by atoms with Gasteiger partial charge < -0.3 is 9.47 Å². The molecule has 0 amide bonds. The number of benzene rings is 4. The fraction of sp³-hybridized carbons (Fsp3) is 0.353. The molecular weight excluding hydrogens is 535 g/mol. The SMILES string of the molecule is CCCCCCCOc1ccc(CCc2ccc3c(F)c(CCc4ccc(OC(F)F)c(F)c4)ccc3c2)c(F)c1. The molecule has 0 heterocycles. The van der Waals surface area contributed by atoms with E-state index in [1.54, 1.807) is 18.2 Å². The molecule has 2 nitrogen and oxygen atoms in total. The van der Waals surface area contributed by atoms with E-state index in [1.807, 2.05) is 24.3 Å². The lowest BCUT2D eigenvalue weighted by Crippen LogP contribution is -2.04. The first-order valence-corrected chi connectivity index (χ1v) is 14.2. The molecule has 0 unspecified atom stereocenters. The maximum absolute atomic E-state index is 15.3. The van der Waals surface area contributed by atoms with E-state index in [2.05, 4.69) is 11.7 Å². The van der Waals surface area contributed by atoms with Gasteiger partial charge in [-0.3, -0.25) is 0 Å². The first kappa shape index (κ1) is 30.4. The largest absolute Gasteiger partial charge is 0.493 e. The zero-order chi connectivity index (χ0) is 29.2. The van der Waals surface area contributed by atoms with Gasteiger partial charge in [-0.15, -0.1) is 0 Å². The summed E-state index contributed by atoms with van der Waals surface area (Å²) in [6.45, 7) is -0.345. The van der Waals surface area contributed by atoms with Crippen molar-refractivity contribution in [3.05, 3.63) is 106 Å². The van der Waals surface area contributed by atoms with Crippen LogP contribution >= 0.6 is 0 Å². The summed E-state index contributed by atoms with van der Waals surface area (Å²) >= 11 is 0.